The zero-order valence-corrected chi connectivity index (χ0v) is 8.83. The Labute approximate surface area is 88.5 Å². The Hall–Kier alpha value is -1.84. The SMILES string of the molecule is Cc1cccc(CNC(=O)C(N)=O)c1C. The molecule has 4 nitrogen and oxygen atoms in total. The molecule has 0 unspecified atom stereocenters. The first-order valence-electron chi connectivity index (χ1n) is 4.65. The first-order chi connectivity index (χ1) is 7.02. The summed E-state index contributed by atoms with van der Waals surface area (Å²) in [6.45, 7) is 4.30. The Morgan fingerprint density at radius 1 is 1.33 bits per heavy atom. The van der Waals surface area contributed by atoms with Crippen LogP contribution in [-0.2, 0) is 16.1 Å². The molecule has 3 N–H and O–H groups in total. The molecule has 0 aliphatic heterocycles. The van der Waals surface area contributed by atoms with Crippen LogP contribution >= 0.6 is 0 Å². The number of hydrogen-bond acceptors (Lipinski definition) is 2. The quantitative estimate of drug-likeness (QED) is 0.688. The van der Waals surface area contributed by atoms with Gasteiger partial charge in [0.1, 0.15) is 0 Å². The molecule has 0 radical (unpaired) electrons. The van der Waals surface area contributed by atoms with E-state index in [0.29, 0.717) is 6.54 Å². The Bertz CT molecular complexity index is 400. The van der Waals surface area contributed by atoms with Gasteiger partial charge in [-0.3, -0.25) is 9.59 Å². The summed E-state index contributed by atoms with van der Waals surface area (Å²) in [5, 5.41) is 2.45. The summed E-state index contributed by atoms with van der Waals surface area (Å²) in [7, 11) is 0. The number of amides is 2. The summed E-state index contributed by atoms with van der Waals surface area (Å²) in [6.07, 6.45) is 0. The molecular weight excluding hydrogens is 192 g/mol. The highest BCUT2D eigenvalue weighted by Crippen LogP contribution is 2.11. The van der Waals surface area contributed by atoms with Crippen LogP contribution in [-0.4, -0.2) is 11.8 Å². The van der Waals surface area contributed by atoms with Gasteiger partial charge in [-0.2, -0.15) is 0 Å². The first-order valence-corrected chi connectivity index (χ1v) is 4.65. The molecule has 0 atom stereocenters. The van der Waals surface area contributed by atoms with E-state index in [0.717, 1.165) is 16.7 Å². The fourth-order valence-electron chi connectivity index (χ4n) is 1.27. The van der Waals surface area contributed by atoms with E-state index in [4.69, 9.17) is 5.73 Å². The van der Waals surface area contributed by atoms with Gasteiger partial charge in [-0.1, -0.05) is 18.2 Å². The highest BCUT2D eigenvalue weighted by atomic mass is 16.2. The van der Waals surface area contributed by atoms with Crippen LogP contribution in [0.2, 0.25) is 0 Å². The molecule has 80 valence electrons. The van der Waals surface area contributed by atoms with Gasteiger partial charge in [0, 0.05) is 6.54 Å². The minimum atomic E-state index is -0.958. The summed E-state index contributed by atoms with van der Waals surface area (Å²) < 4.78 is 0. The summed E-state index contributed by atoms with van der Waals surface area (Å²) in [6, 6.07) is 5.81. The molecule has 0 aliphatic carbocycles. The second kappa shape index (κ2) is 4.59. The van der Waals surface area contributed by atoms with Crippen molar-refractivity contribution in [3.8, 4) is 0 Å². The van der Waals surface area contributed by atoms with Gasteiger partial charge in [0.25, 0.3) is 0 Å². The lowest BCUT2D eigenvalue weighted by atomic mass is 10.0. The van der Waals surface area contributed by atoms with Crippen molar-refractivity contribution in [1.82, 2.24) is 5.32 Å². The second-order valence-electron chi connectivity index (χ2n) is 3.41. The van der Waals surface area contributed by atoms with Crippen LogP contribution in [0.15, 0.2) is 18.2 Å². The van der Waals surface area contributed by atoms with Gasteiger partial charge in [0.2, 0.25) is 0 Å². The third kappa shape index (κ3) is 2.80. The fraction of sp³-hybridized carbons (Fsp3) is 0.273. The molecule has 1 rings (SSSR count). The van der Waals surface area contributed by atoms with Gasteiger partial charge in [-0.15, -0.1) is 0 Å². The molecule has 0 aliphatic rings. The maximum Gasteiger partial charge on any atom is 0.309 e. The third-order valence-corrected chi connectivity index (χ3v) is 2.38. The topological polar surface area (TPSA) is 72.2 Å². The average molecular weight is 206 g/mol. The van der Waals surface area contributed by atoms with E-state index in [2.05, 4.69) is 5.32 Å². The van der Waals surface area contributed by atoms with Crippen LogP contribution in [0, 0.1) is 13.8 Å². The molecule has 0 spiro atoms. The van der Waals surface area contributed by atoms with Crippen molar-refractivity contribution in [2.75, 3.05) is 0 Å². The van der Waals surface area contributed by atoms with E-state index in [-0.39, 0.29) is 0 Å². The smallest absolute Gasteiger partial charge is 0.309 e. The monoisotopic (exact) mass is 206 g/mol. The van der Waals surface area contributed by atoms with Crippen LogP contribution in [0.4, 0.5) is 0 Å². The van der Waals surface area contributed by atoms with Gasteiger partial charge >= 0.3 is 11.8 Å². The minimum Gasteiger partial charge on any atom is -0.361 e. The summed E-state index contributed by atoms with van der Waals surface area (Å²) in [5.41, 5.74) is 8.07. The van der Waals surface area contributed by atoms with Crippen LogP contribution in [0.25, 0.3) is 0 Å². The predicted molar refractivity (Wildman–Crippen MR) is 57.0 cm³/mol. The average Bonchev–Trinajstić information content (AvgIpc) is 2.19. The molecule has 0 bridgehead atoms. The predicted octanol–water partition coefficient (Wildman–Crippen LogP) is 0.405. The van der Waals surface area contributed by atoms with E-state index in [1.165, 1.54) is 0 Å². The number of carbonyl (C=O) groups is 2. The van der Waals surface area contributed by atoms with Crippen LogP contribution < -0.4 is 11.1 Å². The largest absolute Gasteiger partial charge is 0.361 e. The summed E-state index contributed by atoms with van der Waals surface area (Å²) in [4.78, 5) is 21.4. The molecule has 0 heterocycles. The number of primary amides is 1. The molecule has 0 aromatic heterocycles. The standard InChI is InChI=1S/C11H14N2O2/c1-7-4-3-5-9(8(7)2)6-13-11(15)10(12)14/h3-5H,6H2,1-2H3,(H2,12,14)(H,13,15). The molecule has 4 heteroatoms. The summed E-state index contributed by atoms with van der Waals surface area (Å²) >= 11 is 0. The fourth-order valence-corrected chi connectivity index (χ4v) is 1.27. The Morgan fingerprint density at radius 2 is 2.00 bits per heavy atom. The van der Waals surface area contributed by atoms with Gasteiger partial charge < -0.3 is 11.1 Å². The molecule has 2 amide bonds. The number of nitrogens with one attached hydrogen (secondary N) is 1. The second-order valence-corrected chi connectivity index (χ2v) is 3.41. The van der Waals surface area contributed by atoms with Crippen LogP contribution in [0.3, 0.4) is 0 Å². The number of aryl methyl sites for hydroxylation is 1. The van der Waals surface area contributed by atoms with Gasteiger partial charge in [-0.25, -0.2) is 0 Å². The van der Waals surface area contributed by atoms with Crippen molar-refractivity contribution < 1.29 is 9.59 Å². The number of carbonyl (C=O) groups excluding carboxylic acids is 2. The van der Waals surface area contributed by atoms with Crippen molar-refractivity contribution in [1.29, 1.82) is 0 Å². The lowest BCUT2D eigenvalue weighted by Gasteiger charge is -2.08. The molecule has 1 aromatic carbocycles. The highest BCUT2D eigenvalue weighted by Gasteiger charge is 2.08. The van der Waals surface area contributed by atoms with Gasteiger partial charge in [-0.05, 0) is 30.5 Å². The third-order valence-electron chi connectivity index (χ3n) is 2.38. The number of nitrogens with two attached hydrogens (primary N) is 1. The first kappa shape index (κ1) is 11.2. The summed E-state index contributed by atoms with van der Waals surface area (Å²) in [5.74, 6) is -1.71. The van der Waals surface area contributed by atoms with E-state index >= 15 is 0 Å². The van der Waals surface area contributed by atoms with Crippen LogP contribution in [0.5, 0.6) is 0 Å². The maximum absolute atomic E-state index is 10.9. The van der Waals surface area contributed by atoms with Crippen molar-refractivity contribution >= 4 is 11.8 Å². The minimum absolute atomic E-state index is 0.329. The van der Waals surface area contributed by atoms with E-state index in [9.17, 15) is 9.59 Å². The molecular formula is C11H14N2O2. The van der Waals surface area contributed by atoms with E-state index < -0.39 is 11.8 Å². The molecule has 0 saturated carbocycles. The molecule has 0 fully saturated rings. The number of hydrogen-bond donors (Lipinski definition) is 2. The highest BCUT2D eigenvalue weighted by molar-refractivity contribution is 6.34. The maximum atomic E-state index is 10.9. The zero-order valence-electron chi connectivity index (χ0n) is 8.83. The van der Waals surface area contributed by atoms with Crippen molar-refractivity contribution in [3.63, 3.8) is 0 Å². The van der Waals surface area contributed by atoms with Crippen LogP contribution in [0.1, 0.15) is 16.7 Å². The molecule has 0 saturated heterocycles. The molecule has 1 aromatic rings. The Morgan fingerprint density at radius 3 is 2.60 bits per heavy atom. The normalized spacial score (nSPS) is 9.73. The van der Waals surface area contributed by atoms with Gasteiger partial charge in [0.15, 0.2) is 0 Å². The van der Waals surface area contributed by atoms with E-state index in [1.807, 2.05) is 32.0 Å². The lowest BCUT2D eigenvalue weighted by molar-refractivity contribution is -0.137. The Kier molecular flexibility index (Phi) is 3.44. The van der Waals surface area contributed by atoms with Crippen molar-refractivity contribution in [2.24, 2.45) is 5.73 Å². The molecule has 15 heavy (non-hydrogen) atoms. The van der Waals surface area contributed by atoms with E-state index in [1.54, 1.807) is 0 Å². The number of rotatable bonds is 2. The lowest BCUT2D eigenvalue weighted by Crippen LogP contribution is -2.35. The Balaban J connectivity index is 2.70. The zero-order chi connectivity index (χ0) is 11.4. The number of benzene rings is 1. The van der Waals surface area contributed by atoms with Crippen molar-refractivity contribution in [3.05, 3.63) is 34.9 Å². The van der Waals surface area contributed by atoms with Crippen molar-refractivity contribution in [2.45, 2.75) is 20.4 Å². The van der Waals surface area contributed by atoms with Gasteiger partial charge in [0.05, 0.1) is 0 Å².